The van der Waals surface area contributed by atoms with E-state index in [1.54, 1.807) is 0 Å². The summed E-state index contributed by atoms with van der Waals surface area (Å²) in [6.45, 7) is 0. The third-order valence-corrected chi connectivity index (χ3v) is 2.80. The zero-order valence-corrected chi connectivity index (χ0v) is 10.2. The van der Waals surface area contributed by atoms with Gasteiger partial charge in [0.15, 0.2) is 5.75 Å². The van der Waals surface area contributed by atoms with E-state index in [4.69, 9.17) is 11.2 Å². The topological polar surface area (TPSA) is 22.1 Å². The van der Waals surface area contributed by atoms with Gasteiger partial charge in [-0.15, -0.1) is 6.42 Å². The molecule has 0 N–H and O–H groups in total. The summed E-state index contributed by atoms with van der Waals surface area (Å²) in [6.07, 6.45) is 5.39. The smallest absolute Gasteiger partial charge is 0.153 e. The molecule has 0 aliphatic carbocycles. The predicted molar refractivity (Wildman–Crippen MR) is 76.2 cm³/mol. The molecule has 2 aromatic carbocycles. The van der Waals surface area contributed by atoms with E-state index in [2.05, 4.69) is 10.9 Å². The fourth-order valence-electron chi connectivity index (χ4n) is 1.90. The van der Waals surface area contributed by atoms with Crippen LogP contribution in [0.2, 0.25) is 0 Å². The molecule has 1 heterocycles. The second kappa shape index (κ2) is 4.83. The van der Waals surface area contributed by atoms with E-state index < -0.39 is 0 Å². The molecule has 1 aromatic heterocycles. The summed E-state index contributed by atoms with van der Waals surface area (Å²) in [7, 11) is 0. The van der Waals surface area contributed by atoms with Gasteiger partial charge in [-0.1, -0.05) is 36.3 Å². The van der Waals surface area contributed by atoms with Crippen molar-refractivity contribution in [3.63, 3.8) is 0 Å². The molecule has 0 aliphatic heterocycles. The number of aromatic nitrogens is 1. The molecule has 3 rings (SSSR count). The van der Waals surface area contributed by atoms with Gasteiger partial charge in [0.1, 0.15) is 17.0 Å². The lowest BCUT2D eigenvalue weighted by Gasteiger charge is -2.08. The second-order valence-electron chi connectivity index (χ2n) is 4.08. The first kappa shape index (κ1) is 11.3. The number of nitrogens with zero attached hydrogens (tertiary/aromatic N) is 1. The first-order chi connectivity index (χ1) is 9.36. The highest BCUT2D eigenvalue weighted by atomic mass is 16.5. The van der Waals surface area contributed by atoms with Gasteiger partial charge < -0.3 is 4.74 Å². The predicted octanol–water partition coefficient (Wildman–Crippen LogP) is 4.01. The van der Waals surface area contributed by atoms with E-state index in [1.807, 2.05) is 60.7 Å². The Hall–Kier alpha value is -2.79. The van der Waals surface area contributed by atoms with Crippen LogP contribution in [0.4, 0.5) is 0 Å². The van der Waals surface area contributed by atoms with Crippen molar-refractivity contribution in [3.8, 4) is 23.8 Å². The van der Waals surface area contributed by atoms with Crippen molar-refractivity contribution in [2.45, 2.75) is 0 Å². The summed E-state index contributed by atoms with van der Waals surface area (Å²) < 4.78 is 5.86. The number of rotatable bonds is 2. The van der Waals surface area contributed by atoms with E-state index in [9.17, 15) is 0 Å². The Morgan fingerprint density at radius 2 is 1.74 bits per heavy atom. The van der Waals surface area contributed by atoms with E-state index >= 15 is 0 Å². The maximum absolute atomic E-state index is 5.86. The van der Waals surface area contributed by atoms with Crippen LogP contribution in [0.5, 0.6) is 11.5 Å². The molecule has 0 spiro atoms. The van der Waals surface area contributed by atoms with Gasteiger partial charge in [-0.25, -0.2) is 4.98 Å². The van der Waals surface area contributed by atoms with Crippen molar-refractivity contribution in [1.29, 1.82) is 0 Å². The van der Waals surface area contributed by atoms with Crippen LogP contribution in [0.1, 0.15) is 5.69 Å². The molecule has 0 radical (unpaired) electrons. The highest BCUT2D eigenvalue weighted by Gasteiger charge is 2.05. The maximum atomic E-state index is 5.86. The average Bonchev–Trinajstić information content (AvgIpc) is 2.48. The van der Waals surface area contributed by atoms with Crippen molar-refractivity contribution < 1.29 is 4.74 Å². The van der Waals surface area contributed by atoms with Gasteiger partial charge in [-0.3, -0.25) is 0 Å². The fourth-order valence-corrected chi connectivity index (χ4v) is 1.90. The molecule has 2 nitrogen and oxygen atoms in total. The number of hydrogen-bond acceptors (Lipinski definition) is 2. The molecule has 0 amide bonds. The normalized spacial score (nSPS) is 10.1. The summed E-state index contributed by atoms with van der Waals surface area (Å²) in [5.41, 5.74) is 1.39. The van der Waals surface area contributed by atoms with Crippen LogP contribution >= 0.6 is 0 Å². The summed E-state index contributed by atoms with van der Waals surface area (Å²) in [5.74, 6) is 4.03. The maximum Gasteiger partial charge on any atom is 0.153 e. The zero-order chi connectivity index (χ0) is 13.1. The number of fused-ring (bicyclic) bond motifs is 1. The Labute approximate surface area is 111 Å². The number of pyridine rings is 1. The number of terminal acetylenes is 1. The third kappa shape index (κ3) is 2.27. The molecule has 0 fully saturated rings. The molecule has 19 heavy (non-hydrogen) atoms. The summed E-state index contributed by atoms with van der Waals surface area (Å²) in [4.78, 5) is 4.43. The van der Waals surface area contributed by atoms with Crippen LogP contribution in [0.3, 0.4) is 0 Å². The Morgan fingerprint density at radius 3 is 2.53 bits per heavy atom. The molecular formula is C17H11NO. The van der Waals surface area contributed by atoms with Gasteiger partial charge in [0.2, 0.25) is 0 Å². The fraction of sp³-hybridized carbons (Fsp3) is 0. The quantitative estimate of drug-likeness (QED) is 0.636. The molecule has 90 valence electrons. The van der Waals surface area contributed by atoms with Crippen molar-refractivity contribution in [3.05, 3.63) is 66.4 Å². The summed E-state index contributed by atoms with van der Waals surface area (Å²) >= 11 is 0. The van der Waals surface area contributed by atoms with Crippen molar-refractivity contribution in [2.75, 3.05) is 0 Å². The van der Waals surface area contributed by atoms with Gasteiger partial charge >= 0.3 is 0 Å². The average molecular weight is 245 g/mol. The first-order valence-corrected chi connectivity index (χ1v) is 5.96. The van der Waals surface area contributed by atoms with Crippen molar-refractivity contribution in [1.82, 2.24) is 4.98 Å². The highest BCUT2D eigenvalue weighted by molar-refractivity contribution is 5.85. The molecule has 3 aromatic rings. The van der Waals surface area contributed by atoms with Gasteiger partial charge in [-0.05, 0) is 30.3 Å². The SMILES string of the molecule is C#Cc1ccc2cccc(Oc3ccccc3)c2n1. The number of hydrogen-bond donors (Lipinski definition) is 0. The van der Waals surface area contributed by atoms with Crippen molar-refractivity contribution >= 4 is 10.9 Å². The van der Waals surface area contributed by atoms with Crippen LogP contribution in [-0.2, 0) is 0 Å². The molecule has 0 saturated carbocycles. The minimum atomic E-state index is 0.608. The molecular weight excluding hydrogens is 234 g/mol. The second-order valence-corrected chi connectivity index (χ2v) is 4.08. The van der Waals surface area contributed by atoms with E-state index in [1.165, 1.54) is 0 Å². The van der Waals surface area contributed by atoms with Gasteiger partial charge in [0.05, 0.1) is 0 Å². The van der Waals surface area contributed by atoms with Gasteiger partial charge in [0, 0.05) is 5.39 Å². The van der Waals surface area contributed by atoms with Crippen LogP contribution < -0.4 is 4.74 Å². The lowest BCUT2D eigenvalue weighted by Crippen LogP contribution is -1.89. The lowest BCUT2D eigenvalue weighted by molar-refractivity contribution is 0.487. The zero-order valence-electron chi connectivity index (χ0n) is 10.2. The van der Waals surface area contributed by atoms with Gasteiger partial charge in [-0.2, -0.15) is 0 Å². The van der Waals surface area contributed by atoms with Crippen LogP contribution in [0.25, 0.3) is 10.9 Å². The van der Waals surface area contributed by atoms with Crippen LogP contribution in [0.15, 0.2) is 60.7 Å². The van der Waals surface area contributed by atoms with Gasteiger partial charge in [0.25, 0.3) is 0 Å². The largest absolute Gasteiger partial charge is 0.455 e. The molecule has 0 aliphatic rings. The summed E-state index contributed by atoms with van der Waals surface area (Å²) in [6, 6.07) is 19.2. The Balaban J connectivity index is 2.11. The molecule has 2 heteroatoms. The minimum Gasteiger partial charge on any atom is -0.455 e. The Bertz CT molecular complexity index is 757. The highest BCUT2D eigenvalue weighted by Crippen LogP contribution is 2.28. The number of para-hydroxylation sites is 2. The number of ether oxygens (including phenoxy) is 1. The molecule has 0 saturated heterocycles. The summed E-state index contributed by atoms with van der Waals surface area (Å²) in [5, 5.41) is 1.01. The molecule has 0 atom stereocenters. The number of benzene rings is 2. The lowest BCUT2D eigenvalue weighted by atomic mass is 10.2. The monoisotopic (exact) mass is 245 g/mol. The third-order valence-electron chi connectivity index (χ3n) is 2.80. The molecule has 0 bridgehead atoms. The minimum absolute atomic E-state index is 0.608. The molecule has 0 unspecified atom stereocenters. The Morgan fingerprint density at radius 1 is 0.895 bits per heavy atom. The van der Waals surface area contributed by atoms with E-state index in [0.29, 0.717) is 11.4 Å². The van der Waals surface area contributed by atoms with E-state index in [-0.39, 0.29) is 0 Å². The van der Waals surface area contributed by atoms with Crippen molar-refractivity contribution in [2.24, 2.45) is 0 Å². The Kier molecular flexibility index (Phi) is 2.88. The van der Waals surface area contributed by atoms with E-state index in [0.717, 1.165) is 16.7 Å². The van der Waals surface area contributed by atoms with Crippen LogP contribution in [0, 0.1) is 12.3 Å². The standard InChI is InChI=1S/C17H11NO/c1-2-14-12-11-13-7-6-10-16(17(13)18-14)19-15-8-4-3-5-9-15/h1,3-12H. The van der Waals surface area contributed by atoms with Crippen LogP contribution in [-0.4, -0.2) is 4.98 Å². The first-order valence-electron chi connectivity index (χ1n) is 5.96.